The minimum absolute atomic E-state index is 0.0350. The van der Waals surface area contributed by atoms with Gasteiger partial charge in [-0.15, -0.1) is 0 Å². The Morgan fingerprint density at radius 2 is 1.85 bits per heavy atom. The molecular weight excluding hydrogens is 267 g/mol. The van der Waals surface area contributed by atoms with Gasteiger partial charge in [-0.2, -0.15) is 18.3 Å². The molecule has 108 valence electrons. The molecular formula is C14H16F3N3. The Kier molecular flexibility index (Phi) is 4.13. The number of nitrogens with one attached hydrogen (secondary N) is 1. The second kappa shape index (κ2) is 5.66. The third kappa shape index (κ3) is 3.39. The lowest BCUT2D eigenvalue weighted by atomic mass is 10.1. The fraction of sp³-hybridized carbons (Fsp3) is 0.357. The van der Waals surface area contributed by atoms with Gasteiger partial charge in [-0.05, 0) is 30.7 Å². The molecule has 1 atom stereocenters. The van der Waals surface area contributed by atoms with Crippen molar-refractivity contribution in [1.29, 1.82) is 0 Å². The maximum atomic E-state index is 12.5. The van der Waals surface area contributed by atoms with E-state index in [9.17, 15) is 13.2 Å². The molecule has 1 unspecified atom stereocenters. The largest absolute Gasteiger partial charge is 0.416 e. The van der Waals surface area contributed by atoms with Gasteiger partial charge in [-0.25, -0.2) is 0 Å². The summed E-state index contributed by atoms with van der Waals surface area (Å²) >= 11 is 0. The van der Waals surface area contributed by atoms with Gasteiger partial charge < -0.3 is 5.32 Å². The lowest BCUT2D eigenvalue weighted by Gasteiger charge is -2.15. The van der Waals surface area contributed by atoms with Crippen molar-refractivity contribution in [1.82, 2.24) is 15.1 Å². The molecule has 0 amide bonds. The van der Waals surface area contributed by atoms with Crippen molar-refractivity contribution in [3.8, 4) is 0 Å². The number of aryl methyl sites for hydroxylation is 1. The SMILES string of the molecule is CC(NCc1ccnn1C)c1ccc(C(F)(F)F)cc1. The minimum atomic E-state index is -4.29. The smallest absolute Gasteiger partial charge is 0.305 e. The number of hydrogen-bond donors (Lipinski definition) is 1. The van der Waals surface area contributed by atoms with Crippen LogP contribution in [0.1, 0.15) is 29.8 Å². The second-order valence-corrected chi connectivity index (χ2v) is 4.67. The van der Waals surface area contributed by atoms with Gasteiger partial charge in [0.15, 0.2) is 0 Å². The highest BCUT2D eigenvalue weighted by Gasteiger charge is 2.30. The molecule has 0 bridgehead atoms. The van der Waals surface area contributed by atoms with Crippen LogP contribution in [0, 0.1) is 0 Å². The topological polar surface area (TPSA) is 29.9 Å². The number of halogens is 3. The average Bonchev–Trinajstić information content (AvgIpc) is 2.81. The molecule has 0 saturated heterocycles. The van der Waals surface area contributed by atoms with E-state index in [1.54, 1.807) is 10.9 Å². The van der Waals surface area contributed by atoms with Crippen molar-refractivity contribution in [3.63, 3.8) is 0 Å². The Labute approximate surface area is 115 Å². The fourth-order valence-electron chi connectivity index (χ4n) is 1.91. The summed E-state index contributed by atoms with van der Waals surface area (Å²) in [7, 11) is 1.85. The van der Waals surface area contributed by atoms with E-state index in [-0.39, 0.29) is 6.04 Å². The predicted octanol–water partition coefficient (Wildman–Crippen LogP) is 3.29. The van der Waals surface area contributed by atoms with Gasteiger partial charge in [0, 0.05) is 25.8 Å². The highest BCUT2D eigenvalue weighted by atomic mass is 19.4. The first kappa shape index (κ1) is 14.6. The van der Waals surface area contributed by atoms with Gasteiger partial charge in [0.05, 0.1) is 11.3 Å². The highest BCUT2D eigenvalue weighted by molar-refractivity contribution is 5.26. The molecule has 1 aromatic carbocycles. The van der Waals surface area contributed by atoms with Gasteiger partial charge in [-0.1, -0.05) is 12.1 Å². The molecule has 0 spiro atoms. The zero-order valence-corrected chi connectivity index (χ0v) is 11.3. The molecule has 3 nitrogen and oxygen atoms in total. The van der Waals surface area contributed by atoms with Crippen LogP contribution in [0.25, 0.3) is 0 Å². The summed E-state index contributed by atoms with van der Waals surface area (Å²) < 4.78 is 39.2. The molecule has 2 rings (SSSR count). The Morgan fingerprint density at radius 1 is 1.20 bits per heavy atom. The number of rotatable bonds is 4. The van der Waals surface area contributed by atoms with E-state index in [0.717, 1.165) is 23.4 Å². The standard InChI is InChI=1S/C14H16F3N3/c1-10(18-9-13-7-8-19-20(13)2)11-3-5-12(6-4-11)14(15,16)17/h3-8,10,18H,9H2,1-2H3. The normalized spacial score (nSPS) is 13.4. The molecule has 20 heavy (non-hydrogen) atoms. The van der Waals surface area contributed by atoms with Crippen molar-refractivity contribution < 1.29 is 13.2 Å². The van der Waals surface area contributed by atoms with Gasteiger partial charge in [0.25, 0.3) is 0 Å². The van der Waals surface area contributed by atoms with Crippen molar-refractivity contribution in [2.24, 2.45) is 7.05 Å². The molecule has 0 aliphatic rings. The fourth-order valence-corrected chi connectivity index (χ4v) is 1.91. The Morgan fingerprint density at radius 3 is 2.35 bits per heavy atom. The molecule has 0 aliphatic carbocycles. The van der Waals surface area contributed by atoms with Crippen molar-refractivity contribution in [2.45, 2.75) is 25.7 Å². The van der Waals surface area contributed by atoms with Crippen LogP contribution in [0.4, 0.5) is 13.2 Å². The predicted molar refractivity (Wildman–Crippen MR) is 69.9 cm³/mol. The summed E-state index contributed by atoms with van der Waals surface area (Å²) in [6.07, 6.45) is -2.58. The molecule has 6 heteroatoms. The minimum Gasteiger partial charge on any atom is -0.305 e. The summed E-state index contributed by atoms with van der Waals surface area (Å²) in [5, 5.41) is 7.32. The Hall–Kier alpha value is -1.82. The lowest BCUT2D eigenvalue weighted by molar-refractivity contribution is -0.137. The Bertz CT molecular complexity index is 558. The van der Waals surface area contributed by atoms with E-state index in [2.05, 4.69) is 10.4 Å². The molecule has 0 radical (unpaired) electrons. The van der Waals surface area contributed by atoms with Crippen molar-refractivity contribution in [2.75, 3.05) is 0 Å². The van der Waals surface area contributed by atoms with Crippen LogP contribution >= 0.6 is 0 Å². The van der Waals surface area contributed by atoms with Crippen LogP contribution in [0.15, 0.2) is 36.5 Å². The number of nitrogens with zero attached hydrogens (tertiary/aromatic N) is 2. The summed E-state index contributed by atoms with van der Waals surface area (Å²) in [5.41, 5.74) is 1.21. The number of hydrogen-bond acceptors (Lipinski definition) is 2. The first-order chi connectivity index (χ1) is 9.38. The van der Waals surface area contributed by atoms with Crippen LogP contribution < -0.4 is 5.32 Å². The number of benzene rings is 1. The summed E-state index contributed by atoms with van der Waals surface area (Å²) in [5.74, 6) is 0. The first-order valence-corrected chi connectivity index (χ1v) is 6.25. The number of alkyl halides is 3. The van der Waals surface area contributed by atoms with E-state index in [0.29, 0.717) is 6.54 Å². The zero-order chi connectivity index (χ0) is 14.8. The zero-order valence-electron chi connectivity index (χ0n) is 11.3. The van der Waals surface area contributed by atoms with Crippen molar-refractivity contribution in [3.05, 3.63) is 53.3 Å². The number of aromatic nitrogens is 2. The van der Waals surface area contributed by atoms with Gasteiger partial charge in [0.1, 0.15) is 0 Å². The molecule has 1 aromatic heterocycles. The van der Waals surface area contributed by atoms with E-state index in [1.807, 2.05) is 20.0 Å². The van der Waals surface area contributed by atoms with Crippen LogP contribution in [0.2, 0.25) is 0 Å². The van der Waals surface area contributed by atoms with Crippen LogP contribution in [-0.4, -0.2) is 9.78 Å². The van der Waals surface area contributed by atoms with Gasteiger partial charge >= 0.3 is 6.18 Å². The first-order valence-electron chi connectivity index (χ1n) is 6.25. The Balaban J connectivity index is 1.99. The van der Waals surface area contributed by atoms with Gasteiger partial charge in [0.2, 0.25) is 0 Å². The monoisotopic (exact) mass is 283 g/mol. The maximum Gasteiger partial charge on any atom is 0.416 e. The quantitative estimate of drug-likeness (QED) is 0.933. The maximum absolute atomic E-state index is 12.5. The summed E-state index contributed by atoms with van der Waals surface area (Å²) in [6, 6.07) is 7.09. The van der Waals surface area contributed by atoms with E-state index < -0.39 is 11.7 Å². The molecule has 2 aromatic rings. The van der Waals surface area contributed by atoms with E-state index in [4.69, 9.17) is 0 Å². The average molecular weight is 283 g/mol. The highest BCUT2D eigenvalue weighted by Crippen LogP contribution is 2.29. The van der Waals surface area contributed by atoms with Crippen LogP contribution in [-0.2, 0) is 19.8 Å². The molecule has 0 aliphatic heterocycles. The van der Waals surface area contributed by atoms with Crippen molar-refractivity contribution >= 4 is 0 Å². The molecule has 1 heterocycles. The van der Waals surface area contributed by atoms with E-state index >= 15 is 0 Å². The summed E-state index contributed by atoms with van der Waals surface area (Å²) in [6.45, 7) is 2.53. The molecule has 1 N–H and O–H groups in total. The third-order valence-corrected chi connectivity index (χ3v) is 3.25. The second-order valence-electron chi connectivity index (χ2n) is 4.67. The summed E-state index contributed by atoms with van der Waals surface area (Å²) in [4.78, 5) is 0. The van der Waals surface area contributed by atoms with E-state index in [1.165, 1.54) is 12.1 Å². The molecule has 0 fully saturated rings. The molecule has 0 saturated carbocycles. The van der Waals surface area contributed by atoms with Crippen LogP contribution in [0.3, 0.4) is 0 Å². The lowest BCUT2D eigenvalue weighted by Crippen LogP contribution is -2.20. The van der Waals surface area contributed by atoms with Gasteiger partial charge in [-0.3, -0.25) is 4.68 Å². The third-order valence-electron chi connectivity index (χ3n) is 3.25. The van der Waals surface area contributed by atoms with Crippen LogP contribution in [0.5, 0.6) is 0 Å².